The largest absolute Gasteiger partial charge is 0.573 e. The summed E-state index contributed by atoms with van der Waals surface area (Å²) in [6, 6.07) is 11.9. The van der Waals surface area contributed by atoms with Gasteiger partial charge < -0.3 is 14.6 Å². The number of rotatable bonds is 4. The van der Waals surface area contributed by atoms with Crippen LogP contribution in [0.3, 0.4) is 0 Å². The van der Waals surface area contributed by atoms with E-state index in [4.69, 9.17) is 16.3 Å². The summed E-state index contributed by atoms with van der Waals surface area (Å²) in [6.07, 6.45) is -4.85. The van der Waals surface area contributed by atoms with Gasteiger partial charge in [0.2, 0.25) is 5.88 Å². The Morgan fingerprint density at radius 3 is 2.44 bits per heavy atom. The van der Waals surface area contributed by atoms with E-state index >= 15 is 0 Å². The molecule has 2 aromatic carbocycles. The topological polar surface area (TPSA) is 51.6 Å². The fourth-order valence-corrected chi connectivity index (χ4v) is 2.40. The van der Waals surface area contributed by atoms with Crippen molar-refractivity contribution in [3.8, 4) is 34.4 Å². The highest BCUT2D eigenvalue weighted by molar-refractivity contribution is 6.32. The molecule has 4 nitrogen and oxygen atoms in total. The van der Waals surface area contributed by atoms with Crippen LogP contribution in [0.2, 0.25) is 5.02 Å². The molecule has 140 valence electrons. The number of phenolic OH excluding ortho intramolecular Hbond substituents is 1. The van der Waals surface area contributed by atoms with Crippen LogP contribution in [0.4, 0.5) is 17.6 Å². The second-order valence-corrected chi connectivity index (χ2v) is 5.68. The number of hydrogen-bond acceptors (Lipinski definition) is 4. The number of alkyl halides is 3. The first kappa shape index (κ1) is 18.8. The lowest BCUT2D eigenvalue weighted by molar-refractivity contribution is -0.274. The first-order valence-corrected chi connectivity index (χ1v) is 7.78. The van der Waals surface area contributed by atoms with E-state index < -0.39 is 23.7 Å². The van der Waals surface area contributed by atoms with Gasteiger partial charge in [-0.1, -0.05) is 17.7 Å². The molecule has 0 fully saturated rings. The molecule has 0 saturated heterocycles. The molecule has 0 bridgehead atoms. The zero-order valence-corrected chi connectivity index (χ0v) is 14.1. The fourth-order valence-electron chi connectivity index (χ4n) is 2.18. The summed E-state index contributed by atoms with van der Waals surface area (Å²) in [6.45, 7) is 0. The number of phenols is 1. The molecule has 0 aliphatic rings. The molecule has 1 N–H and O–H groups in total. The average Bonchev–Trinajstić information content (AvgIpc) is 2.59. The van der Waals surface area contributed by atoms with Crippen LogP contribution in [0.5, 0.6) is 23.1 Å². The highest BCUT2D eigenvalue weighted by Gasteiger charge is 2.32. The smallest absolute Gasteiger partial charge is 0.505 e. The van der Waals surface area contributed by atoms with Gasteiger partial charge in [-0.25, -0.2) is 9.37 Å². The van der Waals surface area contributed by atoms with Gasteiger partial charge in [0.1, 0.15) is 11.5 Å². The number of ether oxygens (including phenoxy) is 2. The third-order valence-corrected chi connectivity index (χ3v) is 3.61. The summed E-state index contributed by atoms with van der Waals surface area (Å²) >= 11 is 5.84. The number of pyridine rings is 1. The molecule has 3 aromatic rings. The van der Waals surface area contributed by atoms with Crippen LogP contribution in [-0.2, 0) is 0 Å². The van der Waals surface area contributed by atoms with Crippen molar-refractivity contribution in [3.05, 3.63) is 65.4 Å². The number of aromatic hydroxyl groups is 1. The molecule has 27 heavy (non-hydrogen) atoms. The van der Waals surface area contributed by atoms with Gasteiger partial charge in [0.05, 0.1) is 10.7 Å². The maximum Gasteiger partial charge on any atom is 0.573 e. The Morgan fingerprint density at radius 2 is 1.78 bits per heavy atom. The SMILES string of the molecule is Oc1cc(Oc2cccc(-c3ccc(OC(F)(F)F)c(Cl)c3)n2)ccc1F. The summed E-state index contributed by atoms with van der Waals surface area (Å²) in [7, 11) is 0. The van der Waals surface area contributed by atoms with Crippen molar-refractivity contribution in [2.75, 3.05) is 0 Å². The lowest BCUT2D eigenvalue weighted by Crippen LogP contribution is -2.17. The Labute approximate surface area is 155 Å². The molecule has 0 aliphatic carbocycles. The van der Waals surface area contributed by atoms with E-state index in [9.17, 15) is 22.7 Å². The second-order valence-electron chi connectivity index (χ2n) is 5.27. The Kier molecular flexibility index (Phi) is 5.09. The first-order chi connectivity index (χ1) is 12.7. The zero-order chi connectivity index (χ0) is 19.6. The molecule has 0 saturated carbocycles. The van der Waals surface area contributed by atoms with Gasteiger partial charge in [0.15, 0.2) is 11.6 Å². The molecule has 0 spiro atoms. The molecule has 0 amide bonds. The van der Waals surface area contributed by atoms with Crippen molar-refractivity contribution in [1.82, 2.24) is 4.98 Å². The second kappa shape index (κ2) is 7.32. The molecule has 9 heteroatoms. The molecular weight excluding hydrogens is 390 g/mol. The van der Waals surface area contributed by atoms with E-state index in [1.165, 1.54) is 24.3 Å². The lowest BCUT2D eigenvalue weighted by Gasteiger charge is -2.11. The Morgan fingerprint density at radius 1 is 1.00 bits per heavy atom. The third kappa shape index (κ3) is 4.79. The number of halogens is 5. The van der Waals surface area contributed by atoms with Crippen molar-refractivity contribution in [3.63, 3.8) is 0 Å². The predicted molar refractivity (Wildman–Crippen MR) is 89.5 cm³/mol. The summed E-state index contributed by atoms with van der Waals surface area (Å²) in [5.74, 6) is -1.60. The Hall–Kier alpha value is -3.00. The van der Waals surface area contributed by atoms with E-state index in [0.717, 1.165) is 18.2 Å². The van der Waals surface area contributed by atoms with Crippen LogP contribution in [0, 0.1) is 5.82 Å². The van der Waals surface area contributed by atoms with Crippen molar-refractivity contribution in [2.45, 2.75) is 6.36 Å². The summed E-state index contributed by atoms with van der Waals surface area (Å²) in [4.78, 5) is 4.22. The number of nitrogens with zero attached hydrogens (tertiary/aromatic N) is 1. The van der Waals surface area contributed by atoms with Gasteiger partial charge in [-0.15, -0.1) is 13.2 Å². The molecule has 0 radical (unpaired) electrons. The molecule has 0 aliphatic heterocycles. The zero-order valence-electron chi connectivity index (χ0n) is 13.3. The maximum absolute atomic E-state index is 13.1. The quantitative estimate of drug-likeness (QED) is 0.552. The van der Waals surface area contributed by atoms with Crippen LogP contribution in [0.25, 0.3) is 11.3 Å². The van der Waals surface area contributed by atoms with Crippen molar-refractivity contribution < 1.29 is 32.1 Å². The Bertz CT molecular complexity index is 979. The minimum absolute atomic E-state index is 0.130. The van der Waals surface area contributed by atoms with E-state index in [0.29, 0.717) is 11.3 Å². The minimum Gasteiger partial charge on any atom is -0.505 e. The normalized spacial score (nSPS) is 11.3. The molecule has 1 heterocycles. The summed E-state index contributed by atoms with van der Waals surface area (Å²) in [5, 5.41) is 9.13. The molecular formula is C18H10ClF4NO3. The van der Waals surface area contributed by atoms with Crippen LogP contribution in [0.1, 0.15) is 0 Å². The van der Waals surface area contributed by atoms with Crippen molar-refractivity contribution in [2.24, 2.45) is 0 Å². The first-order valence-electron chi connectivity index (χ1n) is 7.40. The molecule has 0 unspecified atom stereocenters. The minimum atomic E-state index is -4.85. The van der Waals surface area contributed by atoms with Crippen LogP contribution < -0.4 is 9.47 Å². The van der Waals surface area contributed by atoms with E-state index in [2.05, 4.69) is 9.72 Å². The Balaban J connectivity index is 1.84. The number of hydrogen-bond donors (Lipinski definition) is 1. The third-order valence-electron chi connectivity index (χ3n) is 3.32. The fraction of sp³-hybridized carbons (Fsp3) is 0.0556. The maximum atomic E-state index is 13.1. The van der Waals surface area contributed by atoms with Gasteiger partial charge in [-0.3, -0.25) is 0 Å². The molecule has 0 atom stereocenters. The van der Waals surface area contributed by atoms with Crippen LogP contribution in [0.15, 0.2) is 54.6 Å². The van der Waals surface area contributed by atoms with Gasteiger partial charge in [-0.2, -0.15) is 0 Å². The standard InChI is InChI=1S/C18H10ClF4NO3/c19-12-8-10(4-7-16(12)27-18(21,22)23)14-2-1-3-17(24-14)26-11-5-6-13(20)15(25)9-11/h1-9,25H. The van der Waals surface area contributed by atoms with Gasteiger partial charge in [0, 0.05) is 17.7 Å². The van der Waals surface area contributed by atoms with Crippen LogP contribution >= 0.6 is 11.6 Å². The van der Waals surface area contributed by atoms with Gasteiger partial charge >= 0.3 is 6.36 Å². The van der Waals surface area contributed by atoms with Crippen LogP contribution in [-0.4, -0.2) is 16.5 Å². The number of aromatic nitrogens is 1. The summed E-state index contributed by atoms with van der Waals surface area (Å²) < 4.78 is 59.3. The van der Waals surface area contributed by atoms with Crippen molar-refractivity contribution >= 4 is 11.6 Å². The molecule has 1 aromatic heterocycles. The summed E-state index contributed by atoms with van der Waals surface area (Å²) in [5.41, 5.74) is 0.807. The van der Waals surface area contributed by atoms with Gasteiger partial charge in [0.25, 0.3) is 0 Å². The monoisotopic (exact) mass is 399 g/mol. The number of benzene rings is 2. The van der Waals surface area contributed by atoms with E-state index in [1.54, 1.807) is 12.1 Å². The predicted octanol–water partition coefficient (Wildman–Crippen LogP) is 5.94. The molecule has 3 rings (SSSR count). The van der Waals surface area contributed by atoms with Gasteiger partial charge in [-0.05, 0) is 36.4 Å². The van der Waals surface area contributed by atoms with E-state index in [1.807, 2.05) is 0 Å². The highest BCUT2D eigenvalue weighted by atomic mass is 35.5. The average molecular weight is 400 g/mol. The lowest BCUT2D eigenvalue weighted by atomic mass is 10.1. The van der Waals surface area contributed by atoms with Crippen molar-refractivity contribution in [1.29, 1.82) is 0 Å². The highest BCUT2D eigenvalue weighted by Crippen LogP contribution is 2.34. The van der Waals surface area contributed by atoms with E-state index in [-0.39, 0.29) is 16.7 Å².